The molecule has 2 rings (SSSR count). The summed E-state index contributed by atoms with van der Waals surface area (Å²) in [6.07, 6.45) is 0.363. The van der Waals surface area contributed by atoms with E-state index in [1.54, 1.807) is 38.4 Å². The molecule has 0 aromatic heterocycles. The molecule has 1 aromatic rings. The van der Waals surface area contributed by atoms with Gasteiger partial charge in [0.1, 0.15) is 5.75 Å². The quantitative estimate of drug-likeness (QED) is 0.844. The van der Waals surface area contributed by atoms with E-state index in [0.717, 1.165) is 0 Å². The highest BCUT2D eigenvalue weighted by atomic mass is 32.2. The second kappa shape index (κ2) is 6.99. The summed E-state index contributed by atoms with van der Waals surface area (Å²) in [6, 6.07) is 6.58. The van der Waals surface area contributed by atoms with Crippen LogP contribution >= 0.6 is 0 Å². The van der Waals surface area contributed by atoms with Gasteiger partial charge in [0.25, 0.3) is 5.91 Å². The first-order valence-electron chi connectivity index (χ1n) is 7.21. The number of nitrogens with zero attached hydrogens (tertiary/aromatic N) is 1. The van der Waals surface area contributed by atoms with Crippen molar-refractivity contribution in [3.05, 3.63) is 24.3 Å². The SMILES string of the molecule is CN(C)C(=O)COc1ccc(NC(=O)[C@@H]2CCS(=O)(=O)C2)cc1. The van der Waals surface area contributed by atoms with E-state index in [-0.39, 0.29) is 29.9 Å². The number of carbonyl (C=O) groups is 2. The molecule has 126 valence electrons. The number of rotatable bonds is 5. The van der Waals surface area contributed by atoms with E-state index in [1.165, 1.54) is 4.90 Å². The minimum absolute atomic E-state index is 0.0569. The Morgan fingerprint density at radius 3 is 2.43 bits per heavy atom. The van der Waals surface area contributed by atoms with E-state index in [1.807, 2.05) is 0 Å². The zero-order chi connectivity index (χ0) is 17.0. The first-order valence-corrected chi connectivity index (χ1v) is 9.03. The van der Waals surface area contributed by atoms with Crippen LogP contribution in [0.2, 0.25) is 0 Å². The number of nitrogens with one attached hydrogen (secondary N) is 1. The molecule has 1 N–H and O–H groups in total. The molecule has 0 bridgehead atoms. The van der Waals surface area contributed by atoms with E-state index in [9.17, 15) is 18.0 Å². The number of amides is 2. The molecule has 0 aliphatic carbocycles. The first kappa shape index (κ1) is 17.3. The van der Waals surface area contributed by atoms with Crippen molar-refractivity contribution in [2.75, 3.05) is 37.5 Å². The summed E-state index contributed by atoms with van der Waals surface area (Å²) in [5, 5.41) is 2.70. The fraction of sp³-hybridized carbons (Fsp3) is 0.467. The molecule has 1 aliphatic rings. The zero-order valence-corrected chi connectivity index (χ0v) is 13.9. The summed E-state index contributed by atoms with van der Waals surface area (Å²) in [6.45, 7) is -0.0569. The number of benzene rings is 1. The molecule has 1 aliphatic heterocycles. The molecule has 0 unspecified atom stereocenters. The maximum absolute atomic E-state index is 12.0. The Morgan fingerprint density at radius 2 is 1.91 bits per heavy atom. The van der Waals surface area contributed by atoms with Gasteiger partial charge in [0.05, 0.1) is 17.4 Å². The molecule has 1 fully saturated rings. The average molecular weight is 340 g/mol. The molecule has 0 radical (unpaired) electrons. The Labute approximate surface area is 135 Å². The van der Waals surface area contributed by atoms with Crippen LogP contribution in [0.4, 0.5) is 5.69 Å². The minimum Gasteiger partial charge on any atom is -0.484 e. The molecule has 7 nitrogen and oxygen atoms in total. The summed E-state index contributed by atoms with van der Waals surface area (Å²) in [5.74, 6) is -0.438. The van der Waals surface area contributed by atoms with E-state index in [4.69, 9.17) is 4.74 Å². The number of hydrogen-bond donors (Lipinski definition) is 1. The van der Waals surface area contributed by atoms with Crippen molar-refractivity contribution in [3.8, 4) is 5.75 Å². The molecular weight excluding hydrogens is 320 g/mol. The summed E-state index contributed by atoms with van der Waals surface area (Å²) in [5.41, 5.74) is 0.561. The average Bonchev–Trinajstić information content (AvgIpc) is 2.86. The van der Waals surface area contributed by atoms with Gasteiger partial charge in [-0.15, -0.1) is 0 Å². The molecule has 2 amide bonds. The Kier molecular flexibility index (Phi) is 5.25. The Bertz CT molecular complexity index is 682. The van der Waals surface area contributed by atoms with E-state index in [2.05, 4.69) is 5.32 Å². The molecule has 8 heteroatoms. The standard InChI is InChI=1S/C15H20N2O5S/c1-17(2)14(18)9-22-13-5-3-12(4-6-13)16-15(19)11-7-8-23(20,21)10-11/h3-6,11H,7-10H2,1-2H3,(H,16,19)/t11-/m1/s1. The van der Waals surface area contributed by atoms with Crippen molar-refractivity contribution in [1.82, 2.24) is 4.90 Å². The lowest BCUT2D eigenvalue weighted by Crippen LogP contribution is -2.27. The van der Waals surface area contributed by atoms with Crippen LogP contribution in [0.5, 0.6) is 5.75 Å². The van der Waals surface area contributed by atoms with Crippen molar-refractivity contribution in [1.29, 1.82) is 0 Å². The molecule has 1 aromatic carbocycles. The van der Waals surface area contributed by atoms with Crippen LogP contribution in [0, 0.1) is 5.92 Å². The van der Waals surface area contributed by atoms with Gasteiger partial charge >= 0.3 is 0 Å². The van der Waals surface area contributed by atoms with Crippen LogP contribution in [0.15, 0.2) is 24.3 Å². The summed E-state index contributed by atoms with van der Waals surface area (Å²) in [7, 11) is 0.214. The Balaban J connectivity index is 1.87. The first-order chi connectivity index (χ1) is 10.8. The van der Waals surface area contributed by atoms with Crippen molar-refractivity contribution >= 4 is 27.3 Å². The maximum Gasteiger partial charge on any atom is 0.259 e. The lowest BCUT2D eigenvalue weighted by molar-refractivity contribution is -0.130. The van der Waals surface area contributed by atoms with Crippen LogP contribution in [-0.4, -0.2) is 57.3 Å². The predicted octanol–water partition coefficient (Wildman–Crippen LogP) is 0.527. The maximum atomic E-state index is 12.0. The van der Waals surface area contributed by atoms with Crippen LogP contribution in [0.1, 0.15) is 6.42 Å². The molecule has 0 saturated carbocycles. The zero-order valence-electron chi connectivity index (χ0n) is 13.1. The number of sulfone groups is 1. The monoisotopic (exact) mass is 340 g/mol. The summed E-state index contributed by atoms with van der Waals surface area (Å²) in [4.78, 5) is 24.9. The third-order valence-electron chi connectivity index (χ3n) is 3.59. The fourth-order valence-electron chi connectivity index (χ4n) is 2.15. The molecular formula is C15H20N2O5S. The van der Waals surface area contributed by atoms with Crippen molar-refractivity contribution in [2.45, 2.75) is 6.42 Å². The Hall–Kier alpha value is -2.09. The van der Waals surface area contributed by atoms with Crippen molar-refractivity contribution in [2.24, 2.45) is 5.92 Å². The lowest BCUT2D eigenvalue weighted by Gasteiger charge is -2.12. The van der Waals surface area contributed by atoms with E-state index < -0.39 is 15.8 Å². The smallest absolute Gasteiger partial charge is 0.259 e. The van der Waals surface area contributed by atoms with Gasteiger partial charge < -0.3 is 15.0 Å². The molecule has 23 heavy (non-hydrogen) atoms. The second-order valence-electron chi connectivity index (χ2n) is 5.69. The van der Waals surface area contributed by atoms with Crippen LogP contribution in [0.25, 0.3) is 0 Å². The van der Waals surface area contributed by atoms with Gasteiger partial charge in [-0.05, 0) is 30.7 Å². The lowest BCUT2D eigenvalue weighted by atomic mass is 10.1. The number of likely N-dealkylation sites (N-methyl/N-ethyl adjacent to an activating group) is 1. The van der Waals surface area contributed by atoms with Gasteiger partial charge in [-0.25, -0.2) is 8.42 Å². The molecule has 1 atom stereocenters. The summed E-state index contributed by atoms with van der Waals surface area (Å²) >= 11 is 0. The number of anilines is 1. The number of ether oxygens (including phenoxy) is 1. The van der Waals surface area contributed by atoms with Gasteiger partial charge in [-0.1, -0.05) is 0 Å². The number of hydrogen-bond acceptors (Lipinski definition) is 5. The predicted molar refractivity (Wildman–Crippen MR) is 86.0 cm³/mol. The third kappa shape index (κ3) is 4.95. The van der Waals surface area contributed by atoms with Crippen molar-refractivity contribution < 1.29 is 22.7 Å². The van der Waals surface area contributed by atoms with Crippen LogP contribution in [0.3, 0.4) is 0 Å². The van der Waals surface area contributed by atoms with Gasteiger partial charge in [0.2, 0.25) is 5.91 Å². The normalized spacial score (nSPS) is 19.1. The minimum atomic E-state index is -3.08. The van der Waals surface area contributed by atoms with Gasteiger partial charge in [-0.2, -0.15) is 0 Å². The van der Waals surface area contributed by atoms with Gasteiger partial charge in [0, 0.05) is 19.8 Å². The fourth-order valence-corrected chi connectivity index (χ4v) is 3.90. The second-order valence-corrected chi connectivity index (χ2v) is 7.92. The molecule has 1 saturated heterocycles. The Morgan fingerprint density at radius 1 is 1.26 bits per heavy atom. The highest BCUT2D eigenvalue weighted by Gasteiger charge is 2.32. The van der Waals surface area contributed by atoms with Crippen LogP contribution in [-0.2, 0) is 19.4 Å². The van der Waals surface area contributed by atoms with E-state index >= 15 is 0 Å². The van der Waals surface area contributed by atoms with Gasteiger partial charge in [-0.3, -0.25) is 9.59 Å². The molecule has 0 spiro atoms. The largest absolute Gasteiger partial charge is 0.484 e. The topological polar surface area (TPSA) is 92.8 Å². The third-order valence-corrected chi connectivity index (χ3v) is 5.35. The van der Waals surface area contributed by atoms with E-state index in [0.29, 0.717) is 17.9 Å². The summed E-state index contributed by atoms with van der Waals surface area (Å²) < 4.78 is 28.1. The number of carbonyl (C=O) groups excluding carboxylic acids is 2. The highest BCUT2D eigenvalue weighted by molar-refractivity contribution is 7.91. The molecule has 1 heterocycles. The van der Waals surface area contributed by atoms with Crippen LogP contribution < -0.4 is 10.1 Å². The highest BCUT2D eigenvalue weighted by Crippen LogP contribution is 2.21. The van der Waals surface area contributed by atoms with Crippen molar-refractivity contribution in [3.63, 3.8) is 0 Å². The van der Waals surface area contributed by atoms with Gasteiger partial charge in [0.15, 0.2) is 16.4 Å².